The van der Waals surface area contributed by atoms with E-state index in [9.17, 15) is 18.0 Å². The van der Waals surface area contributed by atoms with Crippen LogP contribution in [0.25, 0.3) is 21.8 Å². The van der Waals surface area contributed by atoms with Crippen molar-refractivity contribution in [1.29, 1.82) is 0 Å². The fraction of sp³-hybridized carbons (Fsp3) is 0.375. The van der Waals surface area contributed by atoms with Gasteiger partial charge < -0.3 is 14.1 Å². The molecule has 4 aromatic rings. The van der Waals surface area contributed by atoms with E-state index in [-0.39, 0.29) is 44.0 Å². The highest BCUT2D eigenvalue weighted by Gasteiger charge is 2.50. The van der Waals surface area contributed by atoms with E-state index >= 15 is 0 Å². The number of benzene rings is 1. The molecule has 0 saturated carbocycles. The molecule has 2 aliphatic rings. The number of hydrogen-bond acceptors (Lipinski definition) is 10. The van der Waals surface area contributed by atoms with Gasteiger partial charge in [-0.15, -0.1) is 11.3 Å². The van der Waals surface area contributed by atoms with Crippen molar-refractivity contribution in [3.63, 3.8) is 0 Å². The molecule has 45 heavy (non-hydrogen) atoms. The third-order valence-corrected chi connectivity index (χ3v) is 12.2. The summed E-state index contributed by atoms with van der Waals surface area (Å²) in [6.45, 7) is 0.744. The highest BCUT2D eigenvalue weighted by atomic mass is 32.2. The molecule has 0 spiro atoms. The number of sulfone groups is 1. The summed E-state index contributed by atoms with van der Waals surface area (Å²) in [6, 6.07) is 16.7. The minimum absolute atomic E-state index is 0.0329. The van der Waals surface area contributed by atoms with E-state index in [1.807, 2.05) is 36.4 Å². The van der Waals surface area contributed by atoms with Crippen LogP contribution in [0.2, 0.25) is 0 Å². The number of rotatable bonds is 9. The Morgan fingerprint density at radius 2 is 1.91 bits per heavy atom. The zero-order valence-electron chi connectivity index (χ0n) is 24.6. The van der Waals surface area contributed by atoms with Gasteiger partial charge >= 0.3 is 0 Å². The predicted molar refractivity (Wildman–Crippen MR) is 167 cm³/mol. The van der Waals surface area contributed by atoms with Gasteiger partial charge in [0, 0.05) is 53.3 Å². The van der Waals surface area contributed by atoms with Crippen LogP contribution in [0.3, 0.4) is 0 Å². The predicted octanol–water partition coefficient (Wildman–Crippen LogP) is 4.51. The molecule has 3 aromatic heterocycles. The molecule has 2 fully saturated rings. The Morgan fingerprint density at radius 3 is 2.64 bits per heavy atom. The summed E-state index contributed by atoms with van der Waals surface area (Å²) in [6.07, 6.45) is 6.31. The lowest BCUT2D eigenvalue weighted by Gasteiger charge is -2.31. The first-order chi connectivity index (χ1) is 21.8. The number of nitrogens with zero attached hydrogens (tertiary/aromatic N) is 3. The normalized spacial score (nSPS) is 21.6. The van der Waals surface area contributed by atoms with Crippen LogP contribution in [-0.2, 0) is 40.2 Å². The molecular weight excluding hydrogens is 617 g/mol. The maximum atomic E-state index is 14.2. The third-order valence-electron chi connectivity index (χ3n) is 8.25. The second kappa shape index (κ2) is 13.6. The Labute approximate surface area is 265 Å². The summed E-state index contributed by atoms with van der Waals surface area (Å²) in [5, 5.41) is 0. The average Bonchev–Trinajstić information content (AvgIpc) is 3.76. The Morgan fingerprint density at radius 1 is 1.07 bits per heavy atom. The first-order valence-electron chi connectivity index (χ1n) is 14.9. The highest BCUT2D eigenvalue weighted by Crippen LogP contribution is 2.45. The number of amides is 2. The van der Waals surface area contributed by atoms with Crippen molar-refractivity contribution in [2.24, 2.45) is 0 Å². The van der Waals surface area contributed by atoms with E-state index in [0.29, 0.717) is 29.4 Å². The van der Waals surface area contributed by atoms with E-state index in [1.165, 1.54) is 17.7 Å². The molecule has 2 saturated heterocycles. The number of carbonyl (C=O) groups is 2. The molecule has 236 valence electrons. The quantitative estimate of drug-likeness (QED) is 0.259. The van der Waals surface area contributed by atoms with Gasteiger partial charge in [0.25, 0.3) is 0 Å². The molecule has 5 heterocycles. The number of oxazole rings is 1. The van der Waals surface area contributed by atoms with Gasteiger partial charge in [0.05, 0.1) is 24.8 Å². The summed E-state index contributed by atoms with van der Waals surface area (Å²) in [5.41, 5.74) is 4.82. The van der Waals surface area contributed by atoms with E-state index in [4.69, 9.17) is 14.0 Å². The van der Waals surface area contributed by atoms with Crippen LogP contribution in [0.4, 0.5) is 0 Å². The van der Waals surface area contributed by atoms with Crippen molar-refractivity contribution in [3.8, 4) is 21.8 Å². The molecule has 1 aromatic carbocycles. The maximum Gasteiger partial charge on any atom is 0.245 e. The molecule has 0 bridgehead atoms. The Balaban J connectivity index is 1.27. The second-order valence-corrected chi connectivity index (χ2v) is 14.7. The number of nitrogens with one attached hydrogen (secondary N) is 1. The summed E-state index contributed by atoms with van der Waals surface area (Å²) < 4.78 is 37.8. The summed E-state index contributed by atoms with van der Waals surface area (Å²) in [5.74, 6) is -0.404. The molecule has 2 atom stereocenters. The molecule has 1 N–H and O–H groups in total. The Hall–Kier alpha value is -3.91. The van der Waals surface area contributed by atoms with Crippen LogP contribution in [-0.4, -0.2) is 66.8 Å². The lowest BCUT2D eigenvalue weighted by atomic mass is 9.97. The summed E-state index contributed by atoms with van der Waals surface area (Å²) in [7, 11) is -3.92. The molecule has 13 heteroatoms. The van der Waals surface area contributed by atoms with Crippen molar-refractivity contribution >= 4 is 33.0 Å². The van der Waals surface area contributed by atoms with E-state index in [0.717, 1.165) is 28.8 Å². The number of carbonyl (C=O) groups excluding carboxylic acids is 2. The van der Waals surface area contributed by atoms with Gasteiger partial charge in [0.15, 0.2) is 28.3 Å². The third kappa shape index (κ3) is 7.01. The van der Waals surface area contributed by atoms with Crippen LogP contribution in [0.1, 0.15) is 42.7 Å². The van der Waals surface area contributed by atoms with Crippen LogP contribution in [0.5, 0.6) is 0 Å². The van der Waals surface area contributed by atoms with Crippen LogP contribution in [0, 0.1) is 0 Å². The molecule has 11 nitrogen and oxygen atoms in total. The standard InChI is InChI=1S/C32H34N4O7S2/c37-29(35-43-31-6-2-4-17-41-31)20-32(13-15-36(16-18-45(32,39)40)30(38)19-25-5-1-3-14-34-25)28-12-11-27(44-28)24-9-7-23(8-10-24)26-21-33-22-42-26/h1,3,5,7-12,14,21-22,31H,2,4,6,13,15-20H2,(H,35,37). The fourth-order valence-corrected chi connectivity index (χ4v) is 9.32. The van der Waals surface area contributed by atoms with Gasteiger partial charge in [-0.1, -0.05) is 30.3 Å². The van der Waals surface area contributed by atoms with E-state index in [2.05, 4.69) is 15.4 Å². The maximum absolute atomic E-state index is 14.2. The van der Waals surface area contributed by atoms with Crippen molar-refractivity contribution in [2.45, 2.75) is 49.6 Å². The number of thiophene rings is 1. The van der Waals surface area contributed by atoms with Gasteiger partial charge in [-0.05, 0) is 49.1 Å². The molecule has 2 amide bonds. The minimum Gasteiger partial charge on any atom is -0.444 e. The lowest BCUT2D eigenvalue weighted by molar-refractivity contribution is -0.200. The van der Waals surface area contributed by atoms with Crippen molar-refractivity contribution in [2.75, 3.05) is 25.4 Å². The summed E-state index contributed by atoms with van der Waals surface area (Å²) >= 11 is 1.33. The van der Waals surface area contributed by atoms with Gasteiger partial charge in [0.1, 0.15) is 4.75 Å². The zero-order chi connectivity index (χ0) is 31.3. The van der Waals surface area contributed by atoms with Crippen LogP contribution in [0.15, 0.2) is 77.8 Å². The molecule has 0 aliphatic carbocycles. The largest absolute Gasteiger partial charge is 0.444 e. The van der Waals surface area contributed by atoms with Crippen molar-refractivity contribution < 1.29 is 32.0 Å². The number of aromatic nitrogens is 2. The second-order valence-electron chi connectivity index (χ2n) is 11.2. The Kier molecular flexibility index (Phi) is 9.40. The van der Waals surface area contributed by atoms with Gasteiger partial charge in [0.2, 0.25) is 11.8 Å². The molecule has 6 rings (SSSR count). The fourth-order valence-electron chi connectivity index (χ4n) is 5.72. The lowest BCUT2D eigenvalue weighted by Crippen LogP contribution is -2.43. The molecule has 2 aliphatic heterocycles. The Bertz CT molecular complexity index is 1700. The summed E-state index contributed by atoms with van der Waals surface area (Å²) in [4.78, 5) is 43.3. The number of pyridine rings is 1. The molecule has 0 radical (unpaired) electrons. The minimum atomic E-state index is -3.92. The van der Waals surface area contributed by atoms with Crippen molar-refractivity contribution in [3.05, 3.63) is 84.0 Å². The monoisotopic (exact) mass is 650 g/mol. The SMILES string of the molecule is O=C(CC1(c2ccc(-c3ccc(-c4cnco4)cc3)s2)CCN(C(=O)Cc2ccccn2)CCS1(=O)=O)NOC1CCCCO1. The van der Waals surface area contributed by atoms with Gasteiger partial charge in [-0.25, -0.2) is 23.7 Å². The molecule has 2 unspecified atom stereocenters. The first-order valence-corrected chi connectivity index (χ1v) is 17.4. The highest BCUT2D eigenvalue weighted by molar-refractivity contribution is 7.92. The van der Waals surface area contributed by atoms with Crippen LogP contribution >= 0.6 is 11.3 Å². The topological polar surface area (TPSA) is 141 Å². The van der Waals surface area contributed by atoms with E-state index in [1.54, 1.807) is 35.5 Å². The van der Waals surface area contributed by atoms with Crippen LogP contribution < -0.4 is 5.48 Å². The number of hydrogen-bond donors (Lipinski definition) is 1. The number of ether oxygens (including phenoxy) is 1. The average molecular weight is 651 g/mol. The zero-order valence-corrected chi connectivity index (χ0v) is 26.2. The van der Waals surface area contributed by atoms with E-state index < -0.39 is 26.8 Å². The molecular formula is C32H34N4O7S2. The van der Waals surface area contributed by atoms with Gasteiger partial charge in [-0.3, -0.25) is 14.6 Å². The van der Waals surface area contributed by atoms with Gasteiger partial charge in [-0.2, -0.15) is 0 Å². The van der Waals surface area contributed by atoms with Crippen molar-refractivity contribution in [1.82, 2.24) is 20.3 Å². The smallest absolute Gasteiger partial charge is 0.245 e. The first kappa shape index (κ1) is 31.1. The number of hydroxylamine groups is 1.